The highest BCUT2D eigenvalue weighted by Crippen LogP contribution is 2.24. The number of nitrogens with zero attached hydrogens (tertiary/aromatic N) is 1. The lowest BCUT2D eigenvalue weighted by Gasteiger charge is -2.20. The van der Waals surface area contributed by atoms with Crippen LogP contribution in [0.15, 0.2) is 83.8 Å². The molecule has 0 saturated carbocycles. The fraction of sp³-hybridized carbons (Fsp3) is 0.174. The van der Waals surface area contributed by atoms with Crippen molar-refractivity contribution in [1.29, 1.82) is 0 Å². The number of nitrogens with one attached hydrogen (secondary N) is 1. The van der Waals surface area contributed by atoms with Crippen molar-refractivity contribution >= 4 is 27.3 Å². The molecule has 0 saturated heterocycles. The van der Waals surface area contributed by atoms with Gasteiger partial charge in [0.2, 0.25) is 0 Å². The number of amides is 1. The average Bonchev–Trinajstić information content (AvgIpc) is 2.79. The second kappa shape index (κ2) is 10.1. The maximum Gasteiger partial charge on any atom is 0.411 e. The maximum atomic E-state index is 13.0. The van der Waals surface area contributed by atoms with Crippen LogP contribution in [0.3, 0.4) is 0 Å². The minimum absolute atomic E-state index is 0.00353. The van der Waals surface area contributed by atoms with E-state index in [0.29, 0.717) is 11.3 Å². The number of carbonyl (C=O) groups is 1. The predicted molar refractivity (Wildman–Crippen MR) is 119 cm³/mol. The summed E-state index contributed by atoms with van der Waals surface area (Å²) in [7, 11) is -2.41. The molecule has 0 spiro atoms. The molecule has 0 fully saturated rings. The molecule has 0 radical (unpaired) electrons. The molecule has 174 valence electrons. The van der Waals surface area contributed by atoms with E-state index >= 15 is 0 Å². The molecule has 1 amide bonds. The molecule has 0 aromatic heterocycles. The summed E-state index contributed by atoms with van der Waals surface area (Å²) in [6.07, 6.45) is -4.41. The number of para-hydroxylation sites is 1. The van der Waals surface area contributed by atoms with Crippen LogP contribution >= 0.6 is 0 Å². The molecule has 10 heteroatoms. The number of anilines is 2. The fourth-order valence-electron chi connectivity index (χ4n) is 2.91. The van der Waals surface area contributed by atoms with Gasteiger partial charge in [-0.05, 0) is 48.0 Å². The third-order valence-electron chi connectivity index (χ3n) is 4.62. The van der Waals surface area contributed by atoms with Crippen LogP contribution in [-0.2, 0) is 21.4 Å². The highest BCUT2D eigenvalue weighted by Gasteiger charge is 2.27. The SMILES string of the molecule is CN(c1ccccc1)S(=O)(=O)c1cccc(NC(=O)c2ccc(COCC(F)(F)F)cc2)c1. The van der Waals surface area contributed by atoms with Gasteiger partial charge in [0.1, 0.15) is 6.61 Å². The summed E-state index contributed by atoms with van der Waals surface area (Å²) in [4.78, 5) is 12.5. The zero-order chi connectivity index (χ0) is 24.1. The Hall–Kier alpha value is -3.37. The van der Waals surface area contributed by atoms with Gasteiger partial charge < -0.3 is 10.1 Å². The van der Waals surface area contributed by atoms with Gasteiger partial charge in [0.15, 0.2) is 0 Å². The van der Waals surface area contributed by atoms with Crippen LogP contribution in [0.5, 0.6) is 0 Å². The highest BCUT2D eigenvalue weighted by atomic mass is 32.2. The second-order valence-corrected chi connectivity index (χ2v) is 9.06. The number of hydrogen-bond donors (Lipinski definition) is 1. The highest BCUT2D eigenvalue weighted by molar-refractivity contribution is 7.92. The van der Waals surface area contributed by atoms with Gasteiger partial charge in [0, 0.05) is 18.3 Å². The van der Waals surface area contributed by atoms with Gasteiger partial charge in [0.05, 0.1) is 17.2 Å². The topological polar surface area (TPSA) is 75.7 Å². The number of alkyl halides is 3. The van der Waals surface area contributed by atoms with Crippen molar-refractivity contribution in [2.24, 2.45) is 0 Å². The Balaban J connectivity index is 1.68. The van der Waals surface area contributed by atoms with E-state index in [-0.39, 0.29) is 22.8 Å². The molecule has 3 aromatic carbocycles. The molecule has 0 unspecified atom stereocenters. The first kappa shape index (κ1) is 24.3. The molecule has 33 heavy (non-hydrogen) atoms. The van der Waals surface area contributed by atoms with E-state index in [4.69, 9.17) is 0 Å². The normalized spacial score (nSPS) is 11.8. The first-order valence-corrected chi connectivity index (χ1v) is 11.2. The molecule has 3 rings (SSSR count). The van der Waals surface area contributed by atoms with E-state index in [0.717, 1.165) is 4.31 Å². The molecule has 1 N–H and O–H groups in total. The van der Waals surface area contributed by atoms with Crippen LogP contribution in [0.25, 0.3) is 0 Å². The van der Waals surface area contributed by atoms with E-state index < -0.39 is 28.7 Å². The maximum absolute atomic E-state index is 13.0. The second-order valence-electron chi connectivity index (χ2n) is 7.09. The quantitative estimate of drug-likeness (QED) is 0.503. The van der Waals surface area contributed by atoms with Gasteiger partial charge in [-0.2, -0.15) is 13.2 Å². The minimum Gasteiger partial charge on any atom is -0.367 e. The number of sulfonamides is 1. The zero-order valence-electron chi connectivity index (χ0n) is 17.5. The summed E-state index contributed by atoms with van der Waals surface area (Å²) in [5, 5.41) is 2.63. The predicted octanol–water partition coefficient (Wildman–Crippen LogP) is 4.84. The van der Waals surface area contributed by atoms with Crippen molar-refractivity contribution in [3.8, 4) is 0 Å². The Morgan fingerprint density at radius 1 is 0.970 bits per heavy atom. The Bertz CT molecular complexity index is 1200. The number of halogens is 3. The number of ether oxygens (including phenoxy) is 1. The monoisotopic (exact) mass is 478 g/mol. The van der Waals surface area contributed by atoms with E-state index in [1.807, 2.05) is 0 Å². The average molecular weight is 478 g/mol. The first-order chi connectivity index (χ1) is 15.6. The third-order valence-corrected chi connectivity index (χ3v) is 6.40. The van der Waals surface area contributed by atoms with E-state index in [2.05, 4.69) is 10.1 Å². The molecule has 0 heterocycles. The minimum atomic E-state index is -4.41. The van der Waals surface area contributed by atoms with Crippen molar-refractivity contribution in [3.63, 3.8) is 0 Å². The van der Waals surface area contributed by atoms with Gasteiger partial charge >= 0.3 is 6.18 Å². The molecule has 0 atom stereocenters. The largest absolute Gasteiger partial charge is 0.411 e. The molecule has 3 aromatic rings. The van der Waals surface area contributed by atoms with Crippen LogP contribution in [0.1, 0.15) is 15.9 Å². The van der Waals surface area contributed by atoms with Crippen LogP contribution < -0.4 is 9.62 Å². The lowest BCUT2D eigenvalue weighted by molar-refractivity contribution is -0.176. The van der Waals surface area contributed by atoms with Crippen LogP contribution in [0, 0.1) is 0 Å². The Labute approximate surface area is 189 Å². The summed E-state index contributed by atoms with van der Waals surface area (Å²) in [6.45, 7) is -1.59. The molecule has 0 aliphatic heterocycles. The molecule has 0 aliphatic rings. The Kier molecular flexibility index (Phi) is 7.39. The van der Waals surface area contributed by atoms with Crippen molar-refractivity contribution in [2.45, 2.75) is 17.7 Å². The van der Waals surface area contributed by atoms with Gasteiger partial charge in [-0.15, -0.1) is 0 Å². The van der Waals surface area contributed by atoms with Crippen molar-refractivity contribution in [2.75, 3.05) is 23.3 Å². The smallest absolute Gasteiger partial charge is 0.367 e. The van der Waals surface area contributed by atoms with Crippen molar-refractivity contribution in [1.82, 2.24) is 0 Å². The Morgan fingerprint density at radius 2 is 1.64 bits per heavy atom. The summed E-state index contributed by atoms with van der Waals surface area (Å²) in [5.41, 5.74) is 1.50. The van der Waals surface area contributed by atoms with Gasteiger partial charge in [-0.1, -0.05) is 36.4 Å². The molecule has 0 bridgehead atoms. The van der Waals surface area contributed by atoms with Crippen molar-refractivity contribution in [3.05, 3.63) is 90.0 Å². The number of rotatable bonds is 8. The molecular formula is C23H21F3N2O4S. The Morgan fingerprint density at radius 3 is 2.27 bits per heavy atom. The van der Waals surface area contributed by atoms with Crippen LogP contribution in [-0.4, -0.2) is 34.2 Å². The third kappa shape index (κ3) is 6.56. The van der Waals surface area contributed by atoms with Gasteiger partial charge in [0.25, 0.3) is 15.9 Å². The standard InChI is InChI=1S/C23H21F3N2O4S/c1-28(20-7-3-2-4-8-20)33(30,31)21-9-5-6-19(14-21)27-22(29)18-12-10-17(11-13-18)15-32-16-23(24,25)26/h2-14H,15-16H2,1H3,(H,27,29). The van der Waals surface area contributed by atoms with Gasteiger partial charge in [-0.25, -0.2) is 8.42 Å². The molecular weight excluding hydrogens is 457 g/mol. The van der Waals surface area contributed by atoms with Crippen molar-refractivity contribution < 1.29 is 31.1 Å². The zero-order valence-corrected chi connectivity index (χ0v) is 18.4. The number of benzene rings is 3. The van der Waals surface area contributed by atoms with Crippen LogP contribution in [0.2, 0.25) is 0 Å². The summed E-state index contributed by atoms with van der Waals surface area (Å²) in [6, 6.07) is 20.3. The van der Waals surface area contributed by atoms with E-state index in [1.54, 1.807) is 36.4 Å². The summed E-state index contributed by atoms with van der Waals surface area (Å²) < 4.78 is 68.1. The number of hydrogen-bond acceptors (Lipinski definition) is 4. The molecule has 6 nitrogen and oxygen atoms in total. The van der Waals surface area contributed by atoms with E-state index in [9.17, 15) is 26.4 Å². The summed E-state index contributed by atoms with van der Waals surface area (Å²) in [5.74, 6) is -0.497. The summed E-state index contributed by atoms with van der Waals surface area (Å²) >= 11 is 0. The molecule has 0 aliphatic carbocycles. The lowest BCUT2D eigenvalue weighted by Crippen LogP contribution is -2.26. The number of carbonyl (C=O) groups excluding carboxylic acids is 1. The van der Waals surface area contributed by atoms with E-state index in [1.165, 1.54) is 49.5 Å². The van der Waals surface area contributed by atoms with Crippen LogP contribution in [0.4, 0.5) is 24.5 Å². The lowest BCUT2D eigenvalue weighted by atomic mass is 10.1. The fourth-order valence-corrected chi connectivity index (χ4v) is 4.15. The van der Waals surface area contributed by atoms with Gasteiger partial charge in [-0.3, -0.25) is 9.10 Å². The first-order valence-electron chi connectivity index (χ1n) is 9.75.